The molecular formula is C14H16N2O3. The van der Waals surface area contributed by atoms with E-state index >= 15 is 0 Å². The number of nitrogens with one attached hydrogen (secondary N) is 2. The number of hydrogen-bond acceptors (Lipinski definition) is 3. The van der Waals surface area contributed by atoms with E-state index in [1.807, 2.05) is 13.0 Å². The van der Waals surface area contributed by atoms with Crippen LogP contribution in [0.1, 0.15) is 11.3 Å². The number of anilines is 1. The van der Waals surface area contributed by atoms with E-state index in [1.54, 1.807) is 37.6 Å². The summed E-state index contributed by atoms with van der Waals surface area (Å²) in [6, 6.07) is 8.78. The van der Waals surface area contributed by atoms with Crippen LogP contribution in [0.4, 0.5) is 10.5 Å². The topological polar surface area (TPSA) is 63.5 Å². The zero-order valence-electron chi connectivity index (χ0n) is 10.9. The van der Waals surface area contributed by atoms with Crippen LogP contribution in [0.15, 0.2) is 41.0 Å². The molecule has 19 heavy (non-hydrogen) atoms. The maximum Gasteiger partial charge on any atom is 0.319 e. The number of aryl methyl sites for hydroxylation is 1. The zero-order chi connectivity index (χ0) is 13.7. The molecule has 0 saturated heterocycles. The quantitative estimate of drug-likeness (QED) is 0.888. The maximum atomic E-state index is 11.7. The van der Waals surface area contributed by atoms with Crippen molar-refractivity contribution in [2.24, 2.45) is 0 Å². The van der Waals surface area contributed by atoms with Crippen molar-refractivity contribution in [2.75, 3.05) is 12.4 Å². The second-order valence-corrected chi connectivity index (χ2v) is 4.07. The van der Waals surface area contributed by atoms with E-state index in [-0.39, 0.29) is 6.03 Å². The lowest BCUT2D eigenvalue weighted by Gasteiger charge is -2.10. The molecule has 5 nitrogen and oxygen atoms in total. The maximum absolute atomic E-state index is 11.7. The number of benzene rings is 1. The summed E-state index contributed by atoms with van der Waals surface area (Å²) in [6.45, 7) is 2.26. The van der Waals surface area contributed by atoms with Gasteiger partial charge in [-0.05, 0) is 42.8 Å². The predicted octanol–water partition coefficient (Wildman–Crippen LogP) is 2.92. The van der Waals surface area contributed by atoms with Crippen molar-refractivity contribution in [3.05, 3.63) is 47.9 Å². The van der Waals surface area contributed by atoms with Gasteiger partial charge in [0.05, 0.1) is 19.9 Å². The third-order valence-electron chi connectivity index (χ3n) is 2.69. The fraction of sp³-hybridized carbons (Fsp3) is 0.214. The lowest BCUT2D eigenvalue weighted by molar-refractivity contribution is 0.251. The number of hydrogen-bond donors (Lipinski definition) is 2. The molecule has 5 heteroatoms. The monoisotopic (exact) mass is 260 g/mol. The van der Waals surface area contributed by atoms with Crippen molar-refractivity contribution in [1.82, 2.24) is 5.32 Å². The van der Waals surface area contributed by atoms with E-state index in [9.17, 15) is 4.79 Å². The summed E-state index contributed by atoms with van der Waals surface area (Å²) < 4.78 is 10.2. The Bertz CT molecular complexity index is 550. The van der Waals surface area contributed by atoms with Crippen molar-refractivity contribution in [3.8, 4) is 5.75 Å². The largest absolute Gasteiger partial charge is 0.497 e. The van der Waals surface area contributed by atoms with Crippen molar-refractivity contribution in [1.29, 1.82) is 0 Å². The standard InChI is InChI=1S/C14H16N2O3/c1-10-8-11(18-2)5-6-13(10)16-14(17)15-9-12-4-3-7-19-12/h3-8H,9H2,1-2H3,(H2,15,16,17). The highest BCUT2D eigenvalue weighted by Gasteiger charge is 2.05. The average molecular weight is 260 g/mol. The van der Waals surface area contributed by atoms with E-state index in [0.29, 0.717) is 12.3 Å². The van der Waals surface area contributed by atoms with Crippen LogP contribution in [0.25, 0.3) is 0 Å². The Morgan fingerprint density at radius 1 is 1.37 bits per heavy atom. The number of methoxy groups -OCH3 is 1. The lowest BCUT2D eigenvalue weighted by Crippen LogP contribution is -2.28. The SMILES string of the molecule is COc1ccc(NC(=O)NCc2ccco2)c(C)c1. The summed E-state index contributed by atoms with van der Waals surface area (Å²) in [6.07, 6.45) is 1.57. The van der Waals surface area contributed by atoms with Gasteiger partial charge in [-0.15, -0.1) is 0 Å². The Morgan fingerprint density at radius 2 is 2.21 bits per heavy atom. The minimum absolute atomic E-state index is 0.273. The minimum atomic E-state index is -0.273. The normalized spacial score (nSPS) is 10.0. The first-order valence-corrected chi connectivity index (χ1v) is 5.91. The molecule has 0 spiro atoms. The molecule has 2 aromatic rings. The second-order valence-electron chi connectivity index (χ2n) is 4.07. The van der Waals surface area contributed by atoms with Gasteiger partial charge >= 0.3 is 6.03 Å². The fourth-order valence-electron chi connectivity index (χ4n) is 1.65. The molecule has 0 fully saturated rings. The van der Waals surface area contributed by atoms with Gasteiger partial charge in [0.15, 0.2) is 0 Å². The van der Waals surface area contributed by atoms with Crippen LogP contribution >= 0.6 is 0 Å². The summed E-state index contributed by atoms with van der Waals surface area (Å²) in [5.41, 5.74) is 1.69. The van der Waals surface area contributed by atoms with Crippen LogP contribution in [0.3, 0.4) is 0 Å². The van der Waals surface area contributed by atoms with Gasteiger partial charge in [-0.1, -0.05) is 0 Å². The van der Waals surface area contributed by atoms with E-state index in [4.69, 9.17) is 9.15 Å². The lowest BCUT2D eigenvalue weighted by atomic mass is 10.2. The van der Waals surface area contributed by atoms with Crippen LogP contribution in [0.5, 0.6) is 5.75 Å². The highest BCUT2D eigenvalue weighted by Crippen LogP contribution is 2.20. The molecule has 2 amide bonds. The summed E-state index contributed by atoms with van der Waals surface area (Å²) in [4.78, 5) is 11.7. The minimum Gasteiger partial charge on any atom is -0.497 e. The molecule has 0 saturated carbocycles. The number of rotatable bonds is 4. The van der Waals surface area contributed by atoms with Crippen LogP contribution in [0, 0.1) is 6.92 Å². The van der Waals surface area contributed by atoms with Gasteiger partial charge < -0.3 is 19.8 Å². The average Bonchev–Trinajstić information content (AvgIpc) is 2.92. The van der Waals surface area contributed by atoms with Crippen LogP contribution in [0.2, 0.25) is 0 Å². The number of furan rings is 1. The summed E-state index contributed by atoms with van der Waals surface area (Å²) in [5, 5.41) is 5.49. The van der Waals surface area contributed by atoms with Crippen LogP contribution in [-0.2, 0) is 6.54 Å². The third kappa shape index (κ3) is 3.51. The van der Waals surface area contributed by atoms with E-state index < -0.39 is 0 Å². The number of amides is 2. The highest BCUT2D eigenvalue weighted by molar-refractivity contribution is 5.90. The van der Waals surface area contributed by atoms with Gasteiger partial charge in [-0.3, -0.25) is 0 Å². The van der Waals surface area contributed by atoms with Crippen molar-refractivity contribution in [2.45, 2.75) is 13.5 Å². The van der Waals surface area contributed by atoms with Crippen molar-refractivity contribution < 1.29 is 13.9 Å². The Hall–Kier alpha value is -2.43. The molecule has 0 unspecified atom stereocenters. The Balaban J connectivity index is 1.91. The number of ether oxygens (including phenoxy) is 1. The molecular weight excluding hydrogens is 244 g/mol. The number of carbonyl (C=O) groups excluding carboxylic acids is 1. The highest BCUT2D eigenvalue weighted by atomic mass is 16.5. The summed E-state index contributed by atoms with van der Waals surface area (Å²) >= 11 is 0. The van der Waals surface area contributed by atoms with Crippen LogP contribution in [-0.4, -0.2) is 13.1 Å². The summed E-state index contributed by atoms with van der Waals surface area (Å²) in [5.74, 6) is 1.47. The first-order chi connectivity index (χ1) is 9.19. The van der Waals surface area contributed by atoms with E-state index in [0.717, 1.165) is 17.0 Å². The van der Waals surface area contributed by atoms with Gasteiger partial charge in [-0.2, -0.15) is 0 Å². The fourth-order valence-corrected chi connectivity index (χ4v) is 1.65. The molecule has 0 aliphatic heterocycles. The van der Waals surface area contributed by atoms with Gasteiger partial charge in [0.2, 0.25) is 0 Å². The molecule has 0 aliphatic rings. The van der Waals surface area contributed by atoms with Crippen molar-refractivity contribution >= 4 is 11.7 Å². The third-order valence-corrected chi connectivity index (χ3v) is 2.69. The summed E-state index contributed by atoms with van der Waals surface area (Å²) in [7, 11) is 1.61. The zero-order valence-corrected chi connectivity index (χ0v) is 10.9. The smallest absolute Gasteiger partial charge is 0.319 e. The Labute approximate surface area is 111 Å². The molecule has 1 aromatic carbocycles. The second kappa shape index (κ2) is 5.95. The van der Waals surface area contributed by atoms with E-state index in [1.165, 1.54) is 0 Å². The Morgan fingerprint density at radius 3 is 2.84 bits per heavy atom. The molecule has 1 heterocycles. The molecule has 0 aliphatic carbocycles. The molecule has 0 bridgehead atoms. The number of carbonyl (C=O) groups is 1. The Kier molecular flexibility index (Phi) is 4.07. The van der Waals surface area contributed by atoms with Gasteiger partial charge in [0.25, 0.3) is 0 Å². The predicted molar refractivity (Wildman–Crippen MR) is 72.3 cm³/mol. The molecule has 1 aromatic heterocycles. The molecule has 0 atom stereocenters. The first-order valence-electron chi connectivity index (χ1n) is 5.91. The van der Waals surface area contributed by atoms with Gasteiger partial charge in [-0.25, -0.2) is 4.79 Å². The molecule has 2 N–H and O–H groups in total. The molecule has 2 rings (SSSR count). The number of urea groups is 1. The van der Waals surface area contributed by atoms with Gasteiger partial charge in [0, 0.05) is 5.69 Å². The molecule has 0 radical (unpaired) electrons. The van der Waals surface area contributed by atoms with E-state index in [2.05, 4.69) is 10.6 Å². The first kappa shape index (κ1) is 13.0. The molecule has 100 valence electrons. The van der Waals surface area contributed by atoms with Crippen molar-refractivity contribution in [3.63, 3.8) is 0 Å². The van der Waals surface area contributed by atoms with Gasteiger partial charge in [0.1, 0.15) is 11.5 Å². The van der Waals surface area contributed by atoms with Crippen LogP contribution < -0.4 is 15.4 Å².